The first-order valence-corrected chi connectivity index (χ1v) is 5.31. The molecule has 0 saturated heterocycles. The fourth-order valence-electron chi connectivity index (χ4n) is 1.45. The highest BCUT2D eigenvalue weighted by atomic mass is 16.3. The van der Waals surface area contributed by atoms with Gasteiger partial charge in [0, 0.05) is 23.9 Å². The molecule has 0 aliphatic heterocycles. The van der Waals surface area contributed by atoms with Gasteiger partial charge >= 0.3 is 0 Å². The average Bonchev–Trinajstić information content (AvgIpc) is 2.47. The van der Waals surface area contributed by atoms with Gasteiger partial charge < -0.3 is 10.2 Å². The fraction of sp³-hybridized carbons (Fsp3) is 0.667. The minimum absolute atomic E-state index is 0.0793. The van der Waals surface area contributed by atoms with Crippen molar-refractivity contribution >= 4 is 0 Å². The van der Waals surface area contributed by atoms with E-state index in [0.29, 0.717) is 6.54 Å². The molecule has 0 spiro atoms. The van der Waals surface area contributed by atoms with Crippen LogP contribution in [0.5, 0.6) is 0 Å². The van der Waals surface area contributed by atoms with E-state index < -0.39 is 0 Å². The Bertz CT molecular complexity index is 294. The number of rotatable bonds is 3. The zero-order valence-electron chi connectivity index (χ0n) is 9.68. The van der Waals surface area contributed by atoms with Crippen LogP contribution in [0.3, 0.4) is 0 Å². The van der Waals surface area contributed by atoms with Gasteiger partial charge in [-0.15, -0.1) is 0 Å². The minimum Gasteiger partial charge on any atom is -0.465 e. The van der Waals surface area contributed by atoms with Gasteiger partial charge in [-0.3, -0.25) is 0 Å². The number of aryl methyl sites for hydroxylation is 1. The van der Waals surface area contributed by atoms with Crippen molar-refractivity contribution in [3.63, 3.8) is 0 Å². The lowest BCUT2D eigenvalue weighted by molar-refractivity contribution is 0.384. The lowest BCUT2D eigenvalue weighted by Crippen LogP contribution is -2.09. The molecule has 80 valence electrons. The van der Waals surface area contributed by atoms with Crippen LogP contribution < -0.4 is 5.73 Å². The Hall–Kier alpha value is -0.760. The molecule has 0 aliphatic rings. The van der Waals surface area contributed by atoms with Gasteiger partial charge in [-0.25, -0.2) is 0 Å². The van der Waals surface area contributed by atoms with E-state index in [9.17, 15) is 0 Å². The Kier molecular flexibility index (Phi) is 3.38. The second kappa shape index (κ2) is 4.18. The zero-order chi connectivity index (χ0) is 10.8. The molecule has 2 nitrogen and oxygen atoms in total. The fourth-order valence-corrected chi connectivity index (χ4v) is 1.45. The molecule has 2 heteroatoms. The molecular weight excluding hydrogens is 174 g/mol. The van der Waals surface area contributed by atoms with Gasteiger partial charge in [0.05, 0.1) is 0 Å². The summed E-state index contributed by atoms with van der Waals surface area (Å²) < 4.78 is 5.83. The van der Waals surface area contributed by atoms with E-state index in [2.05, 4.69) is 33.8 Å². The minimum atomic E-state index is 0.0793. The summed E-state index contributed by atoms with van der Waals surface area (Å²) in [5.41, 5.74) is 6.92. The van der Waals surface area contributed by atoms with E-state index in [1.54, 1.807) is 0 Å². The van der Waals surface area contributed by atoms with Crippen molar-refractivity contribution < 1.29 is 4.42 Å². The van der Waals surface area contributed by atoms with Crippen molar-refractivity contribution in [2.45, 2.75) is 52.5 Å². The first-order chi connectivity index (χ1) is 6.49. The maximum absolute atomic E-state index is 5.83. The summed E-state index contributed by atoms with van der Waals surface area (Å²) in [6.07, 6.45) is 2.09. The van der Waals surface area contributed by atoms with Crippen LogP contribution in [0, 0.1) is 0 Å². The summed E-state index contributed by atoms with van der Waals surface area (Å²) in [4.78, 5) is 0. The summed E-state index contributed by atoms with van der Waals surface area (Å²) in [6, 6.07) is 2.10. The van der Waals surface area contributed by atoms with Crippen molar-refractivity contribution in [2.75, 3.05) is 0 Å². The summed E-state index contributed by atoms with van der Waals surface area (Å²) in [5, 5.41) is 0. The standard InChI is InChI=1S/C12H21NO/c1-5-6-10-9(8-13)7-11(14-10)12(2,3)4/h7H,5-6,8,13H2,1-4H3. The number of hydrogen-bond donors (Lipinski definition) is 1. The summed E-state index contributed by atoms with van der Waals surface area (Å²) in [5.74, 6) is 2.11. The molecule has 2 N–H and O–H groups in total. The maximum atomic E-state index is 5.83. The van der Waals surface area contributed by atoms with Crippen LogP contribution >= 0.6 is 0 Å². The smallest absolute Gasteiger partial charge is 0.109 e. The topological polar surface area (TPSA) is 39.2 Å². The van der Waals surface area contributed by atoms with Crippen LogP contribution in [0.2, 0.25) is 0 Å². The van der Waals surface area contributed by atoms with Gasteiger partial charge in [0.25, 0.3) is 0 Å². The normalized spacial score (nSPS) is 12.1. The summed E-state index contributed by atoms with van der Waals surface area (Å²) in [7, 11) is 0. The van der Waals surface area contributed by atoms with Gasteiger partial charge in [0.15, 0.2) is 0 Å². The average molecular weight is 195 g/mol. The summed E-state index contributed by atoms with van der Waals surface area (Å²) >= 11 is 0. The second-order valence-electron chi connectivity index (χ2n) is 4.76. The highest BCUT2D eigenvalue weighted by Gasteiger charge is 2.20. The molecule has 1 heterocycles. The third-order valence-electron chi connectivity index (χ3n) is 2.33. The van der Waals surface area contributed by atoms with Gasteiger partial charge in [0.2, 0.25) is 0 Å². The molecule has 0 radical (unpaired) electrons. The molecular formula is C12H21NO. The van der Waals surface area contributed by atoms with Crippen LogP contribution in [0.4, 0.5) is 0 Å². The first kappa shape index (κ1) is 11.3. The molecule has 1 aromatic heterocycles. The van der Waals surface area contributed by atoms with E-state index in [1.165, 1.54) is 0 Å². The van der Waals surface area contributed by atoms with Crippen LogP contribution in [0.15, 0.2) is 10.5 Å². The monoisotopic (exact) mass is 195 g/mol. The SMILES string of the molecule is CCCc1oc(C(C)(C)C)cc1CN. The van der Waals surface area contributed by atoms with Crippen LogP contribution in [0.1, 0.15) is 51.2 Å². The van der Waals surface area contributed by atoms with E-state index in [1.807, 2.05) is 0 Å². The van der Waals surface area contributed by atoms with Crippen LogP contribution in [-0.4, -0.2) is 0 Å². The number of furan rings is 1. The van der Waals surface area contributed by atoms with Crippen molar-refractivity contribution in [3.8, 4) is 0 Å². The molecule has 0 atom stereocenters. The molecule has 0 saturated carbocycles. The Morgan fingerprint density at radius 1 is 1.36 bits per heavy atom. The van der Waals surface area contributed by atoms with Crippen LogP contribution in [-0.2, 0) is 18.4 Å². The highest BCUT2D eigenvalue weighted by Crippen LogP contribution is 2.27. The van der Waals surface area contributed by atoms with E-state index in [-0.39, 0.29) is 5.41 Å². The quantitative estimate of drug-likeness (QED) is 0.805. The van der Waals surface area contributed by atoms with E-state index >= 15 is 0 Å². The molecule has 1 rings (SSSR count). The zero-order valence-corrected chi connectivity index (χ0v) is 9.68. The lowest BCUT2D eigenvalue weighted by atomic mass is 9.93. The molecule has 0 aliphatic carbocycles. The van der Waals surface area contributed by atoms with Gasteiger partial charge in [-0.1, -0.05) is 27.7 Å². The second-order valence-corrected chi connectivity index (χ2v) is 4.76. The van der Waals surface area contributed by atoms with Gasteiger partial charge in [-0.05, 0) is 12.5 Å². The van der Waals surface area contributed by atoms with Gasteiger partial charge in [0.1, 0.15) is 11.5 Å². The Balaban J connectivity index is 3.00. The summed E-state index contributed by atoms with van der Waals surface area (Å²) in [6.45, 7) is 9.19. The molecule has 0 unspecified atom stereocenters. The molecule has 0 fully saturated rings. The van der Waals surface area contributed by atoms with Crippen LogP contribution in [0.25, 0.3) is 0 Å². The molecule has 0 bridgehead atoms. The maximum Gasteiger partial charge on any atom is 0.109 e. The lowest BCUT2D eigenvalue weighted by Gasteiger charge is -2.14. The van der Waals surface area contributed by atoms with Gasteiger partial charge in [-0.2, -0.15) is 0 Å². The number of nitrogens with two attached hydrogens (primary N) is 1. The Morgan fingerprint density at radius 2 is 2.00 bits per heavy atom. The van der Waals surface area contributed by atoms with Crippen molar-refractivity contribution in [1.29, 1.82) is 0 Å². The molecule has 0 amide bonds. The molecule has 14 heavy (non-hydrogen) atoms. The van der Waals surface area contributed by atoms with Crippen molar-refractivity contribution in [2.24, 2.45) is 5.73 Å². The van der Waals surface area contributed by atoms with E-state index in [4.69, 9.17) is 10.2 Å². The first-order valence-electron chi connectivity index (χ1n) is 5.31. The Labute approximate surface area is 86.5 Å². The third-order valence-corrected chi connectivity index (χ3v) is 2.33. The van der Waals surface area contributed by atoms with E-state index in [0.717, 1.165) is 29.9 Å². The predicted molar refractivity (Wildman–Crippen MR) is 59.3 cm³/mol. The Morgan fingerprint density at radius 3 is 2.43 bits per heavy atom. The molecule has 0 aromatic carbocycles. The molecule has 1 aromatic rings. The van der Waals surface area contributed by atoms with Crippen molar-refractivity contribution in [1.82, 2.24) is 0 Å². The largest absolute Gasteiger partial charge is 0.465 e. The third kappa shape index (κ3) is 2.38. The predicted octanol–water partition coefficient (Wildman–Crippen LogP) is 2.99. The van der Waals surface area contributed by atoms with Crippen molar-refractivity contribution in [3.05, 3.63) is 23.2 Å². The highest BCUT2D eigenvalue weighted by molar-refractivity contribution is 5.25. The number of hydrogen-bond acceptors (Lipinski definition) is 2.